The maximum absolute atomic E-state index is 10.8. The second-order valence-electron chi connectivity index (χ2n) is 2.83. The van der Waals surface area contributed by atoms with Gasteiger partial charge < -0.3 is 14.5 Å². The summed E-state index contributed by atoms with van der Waals surface area (Å²) in [5.41, 5.74) is 0. The topological polar surface area (TPSA) is 67.0 Å². The molecule has 1 aliphatic rings. The van der Waals surface area contributed by atoms with Crippen molar-refractivity contribution in [3.8, 4) is 0 Å². The first-order chi connectivity index (χ1) is 5.33. The van der Waals surface area contributed by atoms with Crippen LogP contribution < -0.4 is 0 Å². The van der Waals surface area contributed by atoms with E-state index in [0.29, 0.717) is 0 Å². The van der Waals surface area contributed by atoms with Crippen LogP contribution in [0.25, 0.3) is 0 Å². The fourth-order valence-corrected chi connectivity index (χ4v) is 1.97. The summed E-state index contributed by atoms with van der Waals surface area (Å²) in [6, 6.07) is 0. The molecule has 0 aromatic rings. The molecular formula is C7H17O4P. The molecule has 74 valence electrons. The highest BCUT2D eigenvalue weighted by Gasteiger charge is 2.15. The summed E-state index contributed by atoms with van der Waals surface area (Å²) in [5.74, 6) is 0. The number of hydrogen-bond donors (Lipinski definition) is 0. The van der Waals surface area contributed by atoms with Crippen molar-refractivity contribution in [2.75, 3.05) is 7.11 Å². The minimum atomic E-state index is -2.18. The Balaban J connectivity index is 0.00000121. The van der Waals surface area contributed by atoms with Crippen LogP contribution in [0.5, 0.6) is 0 Å². The average Bonchev–Trinajstić information content (AvgIpc) is 2.06. The van der Waals surface area contributed by atoms with Gasteiger partial charge in [0.2, 0.25) is 0 Å². The van der Waals surface area contributed by atoms with Gasteiger partial charge in [0.15, 0.2) is 0 Å². The molecule has 0 aliphatic heterocycles. The largest absolute Gasteiger partial charge is 0.412 e. The van der Waals surface area contributed by atoms with Crippen molar-refractivity contribution in [3.63, 3.8) is 0 Å². The van der Waals surface area contributed by atoms with Crippen LogP contribution in [0, 0.1) is 0 Å². The highest BCUT2D eigenvalue weighted by molar-refractivity contribution is 7.33. The second kappa shape index (κ2) is 6.61. The average molecular weight is 196 g/mol. The third kappa shape index (κ3) is 4.21. The quantitative estimate of drug-likeness (QED) is 0.643. The lowest BCUT2D eigenvalue weighted by Crippen LogP contribution is -2.13. The van der Waals surface area contributed by atoms with E-state index in [-0.39, 0.29) is 11.6 Å². The molecule has 1 aliphatic carbocycles. The zero-order valence-electron chi connectivity index (χ0n) is 7.34. The van der Waals surface area contributed by atoms with Gasteiger partial charge in [-0.1, -0.05) is 19.3 Å². The lowest BCUT2D eigenvalue weighted by atomic mass is 9.98. The van der Waals surface area contributed by atoms with E-state index in [1.54, 1.807) is 0 Å². The summed E-state index contributed by atoms with van der Waals surface area (Å²) in [5, 5.41) is 0. The predicted molar refractivity (Wildman–Crippen MR) is 47.6 cm³/mol. The zero-order valence-corrected chi connectivity index (χ0v) is 8.34. The van der Waals surface area contributed by atoms with E-state index < -0.39 is 8.25 Å². The Morgan fingerprint density at radius 1 is 1.25 bits per heavy atom. The van der Waals surface area contributed by atoms with E-state index in [1.807, 2.05) is 0 Å². The van der Waals surface area contributed by atoms with Crippen molar-refractivity contribution in [2.24, 2.45) is 0 Å². The molecule has 0 radical (unpaired) electrons. The maximum atomic E-state index is 10.8. The van der Waals surface area contributed by atoms with Gasteiger partial charge in [-0.05, 0) is 12.8 Å². The van der Waals surface area contributed by atoms with E-state index in [9.17, 15) is 4.57 Å². The molecular weight excluding hydrogens is 179 g/mol. The van der Waals surface area contributed by atoms with Gasteiger partial charge in [0.25, 0.3) is 0 Å². The Morgan fingerprint density at radius 3 is 2.33 bits per heavy atom. The van der Waals surface area contributed by atoms with Crippen LogP contribution in [0.1, 0.15) is 32.1 Å². The Hall–Kier alpha value is 0.110. The van der Waals surface area contributed by atoms with Crippen molar-refractivity contribution in [1.82, 2.24) is 0 Å². The van der Waals surface area contributed by atoms with Crippen LogP contribution >= 0.6 is 8.25 Å². The van der Waals surface area contributed by atoms with Gasteiger partial charge >= 0.3 is 8.25 Å². The van der Waals surface area contributed by atoms with Crippen molar-refractivity contribution in [3.05, 3.63) is 0 Å². The van der Waals surface area contributed by atoms with Crippen LogP contribution in [0.4, 0.5) is 0 Å². The van der Waals surface area contributed by atoms with Gasteiger partial charge in [0.05, 0.1) is 6.10 Å². The van der Waals surface area contributed by atoms with Gasteiger partial charge in [-0.15, -0.1) is 0 Å². The SMILES string of the molecule is CO[PH](=O)OC1CCCCC1.O. The van der Waals surface area contributed by atoms with Gasteiger partial charge in [-0.2, -0.15) is 0 Å². The van der Waals surface area contributed by atoms with E-state index in [4.69, 9.17) is 4.52 Å². The van der Waals surface area contributed by atoms with E-state index in [0.717, 1.165) is 12.8 Å². The smallest absolute Gasteiger partial charge is 0.319 e. The highest BCUT2D eigenvalue weighted by Crippen LogP contribution is 2.31. The fraction of sp³-hybridized carbons (Fsp3) is 1.00. The van der Waals surface area contributed by atoms with Crippen LogP contribution in [-0.2, 0) is 13.6 Å². The Kier molecular flexibility index (Phi) is 6.67. The molecule has 0 heterocycles. The lowest BCUT2D eigenvalue weighted by Gasteiger charge is -2.20. The summed E-state index contributed by atoms with van der Waals surface area (Å²) in [4.78, 5) is 0. The summed E-state index contributed by atoms with van der Waals surface area (Å²) >= 11 is 0. The minimum absolute atomic E-state index is 0. The fourth-order valence-electron chi connectivity index (χ4n) is 1.37. The molecule has 1 rings (SSSR count). The molecule has 0 saturated heterocycles. The maximum Gasteiger partial charge on any atom is 0.319 e. The number of hydrogen-bond acceptors (Lipinski definition) is 3. The highest BCUT2D eigenvalue weighted by atomic mass is 31.1. The number of rotatable bonds is 3. The van der Waals surface area contributed by atoms with Crippen molar-refractivity contribution in [2.45, 2.75) is 38.2 Å². The molecule has 5 heteroatoms. The molecule has 0 bridgehead atoms. The molecule has 12 heavy (non-hydrogen) atoms. The van der Waals surface area contributed by atoms with E-state index in [2.05, 4.69) is 4.52 Å². The lowest BCUT2D eigenvalue weighted by molar-refractivity contribution is 0.139. The third-order valence-corrected chi connectivity index (χ3v) is 2.84. The first kappa shape index (κ1) is 12.1. The van der Waals surface area contributed by atoms with Crippen LogP contribution in [0.2, 0.25) is 0 Å². The standard InChI is InChI=1S/C7H15O3P.H2O/c1-9-11(8)10-7-5-3-2-4-6-7;/h7,11H,2-6H2,1H3;1H2. The van der Waals surface area contributed by atoms with Gasteiger partial charge in [-0.25, -0.2) is 0 Å². The Morgan fingerprint density at radius 2 is 1.83 bits per heavy atom. The molecule has 0 spiro atoms. The Labute approximate surface area is 73.5 Å². The Bertz CT molecular complexity index is 133. The van der Waals surface area contributed by atoms with Crippen LogP contribution in [-0.4, -0.2) is 18.7 Å². The monoisotopic (exact) mass is 196 g/mol. The predicted octanol–water partition coefficient (Wildman–Crippen LogP) is 1.55. The molecule has 1 atom stereocenters. The summed E-state index contributed by atoms with van der Waals surface area (Å²) in [6.45, 7) is 0. The summed E-state index contributed by atoms with van der Waals surface area (Å²) < 4.78 is 20.6. The van der Waals surface area contributed by atoms with Crippen molar-refractivity contribution >= 4 is 8.25 Å². The van der Waals surface area contributed by atoms with Gasteiger partial charge in [0.1, 0.15) is 0 Å². The zero-order chi connectivity index (χ0) is 8.10. The second-order valence-corrected chi connectivity index (χ2v) is 3.98. The third-order valence-electron chi connectivity index (χ3n) is 1.98. The van der Waals surface area contributed by atoms with Crippen LogP contribution in [0.3, 0.4) is 0 Å². The van der Waals surface area contributed by atoms with Crippen molar-refractivity contribution < 1.29 is 19.1 Å². The van der Waals surface area contributed by atoms with Gasteiger partial charge in [0, 0.05) is 7.11 Å². The van der Waals surface area contributed by atoms with E-state index in [1.165, 1.54) is 26.4 Å². The molecule has 0 aromatic heterocycles. The molecule has 0 aromatic carbocycles. The van der Waals surface area contributed by atoms with Gasteiger partial charge in [-0.3, -0.25) is 4.57 Å². The minimum Gasteiger partial charge on any atom is -0.412 e. The normalized spacial score (nSPS) is 21.4. The molecule has 0 amide bonds. The van der Waals surface area contributed by atoms with E-state index >= 15 is 0 Å². The van der Waals surface area contributed by atoms with Crippen LogP contribution in [0.15, 0.2) is 0 Å². The molecule has 1 fully saturated rings. The summed E-state index contributed by atoms with van der Waals surface area (Å²) in [6.07, 6.45) is 5.95. The molecule has 1 saturated carbocycles. The molecule has 1 unspecified atom stereocenters. The summed E-state index contributed by atoms with van der Waals surface area (Å²) in [7, 11) is -0.757. The van der Waals surface area contributed by atoms with Crippen molar-refractivity contribution in [1.29, 1.82) is 0 Å². The first-order valence-electron chi connectivity index (χ1n) is 4.07. The molecule has 4 nitrogen and oxygen atoms in total. The molecule has 2 N–H and O–H groups in total. The first-order valence-corrected chi connectivity index (χ1v) is 5.30.